The molecule has 1 N–H and O–H groups in total. The summed E-state index contributed by atoms with van der Waals surface area (Å²) in [5.74, 6) is 0.172. The van der Waals surface area contributed by atoms with Crippen LogP contribution in [0.15, 0.2) is 72.8 Å². The number of carbonyl (C=O) groups excluding carboxylic acids is 2. The second-order valence-corrected chi connectivity index (χ2v) is 9.95. The van der Waals surface area contributed by atoms with Crippen LogP contribution in [0.25, 0.3) is 0 Å². The summed E-state index contributed by atoms with van der Waals surface area (Å²) >= 11 is 0. The fraction of sp³-hybridized carbons (Fsp3) is 0.355. The van der Waals surface area contributed by atoms with Crippen molar-refractivity contribution >= 4 is 11.8 Å². The number of rotatable bonds is 10. The van der Waals surface area contributed by atoms with E-state index < -0.39 is 6.04 Å². The summed E-state index contributed by atoms with van der Waals surface area (Å²) in [5, 5.41) is 3.08. The van der Waals surface area contributed by atoms with Crippen LogP contribution in [0.5, 0.6) is 0 Å². The third-order valence-corrected chi connectivity index (χ3v) is 6.36. The maximum atomic E-state index is 13.8. The molecule has 3 aromatic rings. The fourth-order valence-electron chi connectivity index (χ4n) is 4.06. The van der Waals surface area contributed by atoms with E-state index in [0.29, 0.717) is 25.4 Å². The van der Waals surface area contributed by atoms with Gasteiger partial charge in [0.15, 0.2) is 0 Å². The van der Waals surface area contributed by atoms with Gasteiger partial charge in [0.25, 0.3) is 0 Å². The van der Waals surface area contributed by atoms with Crippen molar-refractivity contribution in [3.05, 3.63) is 106 Å². The summed E-state index contributed by atoms with van der Waals surface area (Å²) in [4.78, 5) is 29.1. The number of carbonyl (C=O) groups is 2. The highest BCUT2D eigenvalue weighted by molar-refractivity contribution is 5.88. The van der Waals surface area contributed by atoms with Crippen molar-refractivity contribution in [2.24, 2.45) is 5.92 Å². The molecule has 0 heterocycles. The molecule has 3 rings (SSSR count). The zero-order chi connectivity index (χ0) is 25.4. The minimum absolute atomic E-state index is 0.0468. The first kappa shape index (κ1) is 26.2. The number of nitrogens with zero attached hydrogens (tertiary/aromatic N) is 1. The van der Waals surface area contributed by atoms with Gasteiger partial charge in [0.05, 0.1) is 6.42 Å². The largest absolute Gasteiger partial charge is 0.354 e. The Bertz CT molecular complexity index is 1120. The first-order chi connectivity index (χ1) is 16.7. The molecule has 0 unspecified atom stereocenters. The molecule has 0 aliphatic heterocycles. The van der Waals surface area contributed by atoms with E-state index in [1.165, 1.54) is 5.56 Å². The zero-order valence-corrected chi connectivity index (χ0v) is 21.7. The molecule has 0 aliphatic carbocycles. The van der Waals surface area contributed by atoms with Gasteiger partial charge in [-0.2, -0.15) is 0 Å². The number of hydrogen-bond donors (Lipinski definition) is 1. The predicted molar refractivity (Wildman–Crippen MR) is 143 cm³/mol. The Labute approximate surface area is 210 Å². The van der Waals surface area contributed by atoms with Crippen LogP contribution in [-0.4, -0.2) is 29.3 Å². The second kappa shape index (κ2) is 12.3. The first-order valence-corrected chi connectivity index (χ1v) is 12.5. The molecule has 2 amide bonds. The van der Waals surface area contributed by atoms with E-state index in [1.54, 1.807) is 4.90 Å². The van der Waals surface area contributed by atoms with E-state index in [9.17, 15) is 9.59 Å². The van der Waals surface area contributed by atoms with Crippen molar-refractivity contribution in [3.63, 3.8) is 0 Å². The van der Waals surface area contributed by atoms with E-state index in [1.807, 2.05) is 67.6 Å². The molecule has 0 saturated carbocycles. The van der Waals surface area contributed by atoms with Gasteiger partial charge in [0.2, 0.25) is 11.8 Å². The molecule has 1 atom stereocenters. The maximum Gasteiger partial charge on any atom is 0.243 e. The van der Waals surface area contributed by atoms with Crippen LogP contribution in [0.2, 0.25) is 0 Å². The van der Waals surface area contributed by atoms with E-state index in [0.717, 1.165) is 27.8 Å². The summed E-state index contributed by atoms with van der Waals surface area (Å²) in [7, 11) is 0. The molecule has 35 heavy (non-hydrogen) atoms. The normalized spacial score (nSPS) is 11.8. The Morgan fingerprint density at radius 1 is 0.800 bits per heavy atom. The summed E-state index contributed by atoms with van der Waals surface area (Å²) in [6, 6.07) is 23.6. The van der Waals surface area contributed by atoms with Crippen molar-refractivity contribution in [1.29, 1.82) is 0 Å². The minimum atomic E-state index is -0.600. The molecule has 4 nitrogen and oxygen atoms in total. The lowest BCUT2D eigenvalue weighted by atomic mass is 10.00. The monoisotopic (exact) mass is 470 g/mol. The van der Waals surface area contributed by atoms with Gasteiger partial charge in [-0.05, 0) is 54.5 Å². The molecule has 0 aromatic heterocycles. The summed E-state index contributed by atoms with van der Waals surface area (Å²) < 4.78 is 0. The van der Waals surface area contributed by atoms with E-state index in [4.69, 9.17) is 0 Å². The van der Waals surface area contributed by atoms with E-state index >= 15 is 0 Å². The topological polar surface area (TPSA) is 49.4 Å². The third-order valence-electron chi connectivity index (χ3n) is 6.36. The van der Waals surface area contributed by atoms with Gasteiger partial charge >= 0.3 is 0 Å². The number of nitrogens with one attached hydrogen (secondary N) is 1. The zero-order valence-electron chi connectivity index (χ0n) is 21.7. The average Bonchev–Trinajstić information content (AvgIpc) is 2.84. The minimum Gasteiger partial charge on any atom is -0.354 e. The van der Waals surface area contributed by atoms with Crippen molar-refractivity contribution in [2.75, 3.05) is 6.54 Å². The average molecular weight is 471 g/mol. The highest BCUT2D eigenvalue weighted by Gasteiger charge is 2.30. The van der Waals surface area contributed by atoms with Gasteiger partial charge < -0.3 is 10.2 Å². The maximum absolute atomic E-state index is 13.8. The van der Waals surface area contributed by atoms with E-state index in [-0.39, 0.29) is 18.2 Å². The van der Waals surface area contributed by atoms with Crippen LogP contribution in [0.4, 0.5) is 0 Å². The van der Waals surface area contributed by atoms with Gasteiger partial charge in [-0.25, -0.2) is 0 Å². The Morgan fingerprint density at radius 2 is 1.46 bits per heavy atom. The van der Waals surface area contributed by atoms with Crippen LogP contribution in [0.1, 0.15) is 47.2 Å². The molecule has 4 heteroatoms. The Balaban J connectivity index is 1.95. The SMILES string of the molecule is Cc1ccc(CN(C(=O)Cc2ccc(C)c(C)c2)[C@H](Cc2ccccc2)C(=O)NCC(C)C)cc1. The Hall–Kier alpha value is -3.40. The molecule has 0 spiro atoms. The standard InChI is InChI=1S/C31H38N2O2/c1-22(2)20-32-31(35)29(18-26-9-7-6-8-10-26)33(21-27-14-11-23(3)12-15-27)30(34)19-28-16-13-24(4)25(5)17-28/h6-17,22,29H,18-21H2,1-5H3,(H,32,35)/t29-/m1/s1. The van der Waals surface area contributed by atoms with Gasteiger partial charge in [-0.15, -0.1) is 0 Å². The lowest BCUT2D eigenvalue weighted by molar-refractivity contribution is -0.140. The summed E-state index contributed by atoms with van der Waals surface area (Å²) in [6.07, 6.45) is 0.727. The molecular formula is C31H38N2O2. The molecule has 0 saturated heterocycles. The molecule has 0 aliphatic rings. The summed E-state index contributed by atoms with van der Waals surface area (Å²) in [5.41, 5.74) is 6.54. The highest BCUT2D eigenvalue weighted by Crippen LogP contribution is 2.18. The number of amides is 2. The quantitative estimate of drug-likeness (QED) is 0.421. The van der Waals surface area contributed by atoms with Crippen LogP contribution >= 0.6 is 0 Å². The van der Waals surface area contributed by atoms with Gasteiger partial charge in [-0.3, -0.25) is 9.59 Å². The molecule has 0 bridgehead atoms. The molecule has 3 aromatic carbocycles. The van der Waals surface area contributed by atoms with Crippen LogP contribution in [0, 0.1) is 26.7 Å². The predicted octanol–water partition coefficient (Wildman–Crippen LogP) is 5.57. The molecular weight excluding hydrogens is 432 g/mol. The molecule has 0 radical (unpaired) electrons. The van der Waals surface area contributed by atoms with Crippen molar-refractivity contribution in [2.45, 2.75) is 60.0 Å². The van der Waals surface area contributed by atoms with Gasteiger partial charge in [0, 0.05) is 19.5 Å². The molecule has 184 valence electrons. The van der Waals surface area contributed by atoms with Crippen molar-refractivity contribution in [1.82, 2.24) is 10.2 Å². The Morgan fingerprint density at radius 3 is 2.09 bits per heavy atom. The summed E-state index contributed by atoms with van der Waals surface area (Å²) in [6.45, 7) is 11.3. The first-order valence-electron chi connectivity index (χ1n) is 12.5. The smallest absolute Gasteiger partial charge is 0.243 e. The second-order valence-electron chi connectivity index (χ2n) is 9.95. The van der Waals surface area contributed by atoms with Crippen LogP contribution in [0.3, 0.4) is 0 Å². The number of aryl methyl sites for hydroxylation is 3. The lowest BCUT2D eigenvalue weighted by Crippen LogP contribution is -2.51. The van der Waals surface area contributed by atoms with Gasteiger partial charge in [0.1, 0.15) is 6.04 Å². The van der Waals surface area contributed by atoms with Crippen molar-refractivity contribution < 1.29 is 9.59 Å². The van der Waals surface area contributed by atoms with Crippen molar-refractivity contribution in [3.8, 4) is 0 Å². The third kappa shape index (κ3) is 7.81. The van der Waals surface area contributed by atoms with E-state index in [2.05, 4.69) is 45.1 Å². The van der Waals surface area contributed by atoms with Gasteiger partial charge in [-0.1, -0.05) is 92.2 Å². The Kier molecular flexibility index (Phi) is 9.25. The number of hydrogen-bond acceptors (Lipinski definition) is 2. The lowest BCUT2D eigenvalue weighted by Gasteiger charge is -2.32. The fourth-order valence-corrected chi connectivity index (χ4v) is 4.06. The van der Waals surface area contributed by atoms with Crippen LogP contribution < -0.4 is 5.32 Å². The number of benzene rings is 3. The highest BCUT2D eigenvalue weighted by atomic mass is 16.2. The molecule has 0 fully saturated rings. The van der Waals surface area contributed by atoms with Crippen LogP contribution in [-0.2, 0) is 29.0 Å².